The van der Waals surface area contributed by atoms with Crippen LogP contribution < -0.4 is 0 Å². The Balaban J connectivity index is -0.000000946. The minimum atomic E-state index is 0. The Hall–Kier alpha value is -5.87. The molecule has 0 saturated heterocycles. The molecule has 0 unspecified atom stereocenters. The first-order chi connectivity index (χ1) is 41.3. The summed E-state index contributed by atoms with van der Waals surface area (Å²) < 4.78 is 0. The predicted octanol–water partition coefficient (Wildman–Crippen LogP) is 23.8. The van der Waals surface area contributed by atoms with E-state index >= 15 is 0 Å². The molecule has 0 spiro atoms. The van der Waals surface area contributed by atoms with Crippen molar-refractivity contribution in [2.75, 3.05) is 0 Å². The van der Waals surface area contributed by atoms with Gasteiger partial charge in [-0.25, -0.2) is 0 Å². The van der Waals surface area contributed by atoms with Crippen LogP contribution in [-0.4, -0.2) is 29.9 Å². The van der Waals surface area contributed by atoms with E-state index in [1.807, 2.05) is 186 Å². The average Bonchev–Trinajstić information content (AvgIpc) is 3.76. The summed E-state index contributed by atoms with van der Waals surface area (Å²) in [6.45, 7) is 31.8. The van der Waals surface area contributed by atoms with Crippen LogP contribution in [-0.2, 0) is 51.9 Å². The van der Waals surface area contributed by atoms with E-state index < -0.39 is 0 Å². The molecule has 12 aromatic rings. The maximum atomic E-state index is 4.57. The predicted molar refractivity (Wildman–Crippen MR) is 381 cm³/mol. The van der Waals surface area contributed by atoms with E-state index in [4.69, 9.17) is 0 Å². The third kappa shape index (κ3) is 29.2. The van der Waals surface area contributed by atoms with Gasteiger partial charge < -0.3 is 22.3 Å². The molecule has 6 aromatic heterocycles. The van der Waals surface area contributed by atoms with Gasteiger partial charge in [-0.05, 0) is 130 Å². The van der Waals surface area contributed by atoms with Crippen molar-refractivity contribution in [3.05, 3.63) is 293 Å². The normalized spacial score (nSPS) is 9.02. The van der Waals surface area contributed by atoms with Gasteiger partial charge in [-0.2, -0.15) is 0 Å². The summed E-state index contributed by atoms with van der Waals surface area (Å²) in [5.74, 6) is 0.653. The Morgan fingerprint density at radius 1 is 0.273 bits per heavy atom. The Kier molecular flexibility index (Phi) is 51.0. The standard InChI is InChI=1S/3C12H8N2.C12H18.C10H14.C6H6.3C3H7.3CH3.3ClH.3Ru/c3*1-3-9-5-6-10-4-2-8-14-12(10)11(9)13-7-1;1-7-8(2)10(4)12(6)11(5)9(7)3;1-8(2)10-6-4-9(3)5-7-10;1-2-4-6-5-3-1;3*1-3-2;;;;;;;;;/h3*1-8H;1-6H3;4-8H,1-3H3;1-6H;3*3H,1-2H3;3*1H3;3*1H;;;/q;;;;;;3*+1;3*-1;;;;3*+2/p-3. The van der Waals surface area contributed by atoms with E-state index in [2.05, 4.69) is 218 Å². The molecule has 12 rings (SSSR count). The van der Waals surface area contributed by atoms with Crippen LogP contribution in [0.5, 0.6) is 0 Å². The molecule has 0 saturated carbocycles. The SMILES string of the molecule is C[CH+]C.C[CH+]C.C[CH+]C.Cc1c(C)c(C)c(C)c(C)c1C.Cc1ccc(C(C)C)cc1.[CH3-].[CH3-].[CH3-].[Cl][Ru+].[Cl][Ru+].[Cl][Ru+].c1ccccc1.c1cnc2c(c1)ccc1cccnc12.c1cnc2c(c1)ccc1cccnc12.c1cnc2c(c1)ccc1cccnc12. The molecule has 0 bridgehead atoms. The Labute approximate surface area is 574 Å². The van der Waals surface area contributed by atoms with E-state index in [9.17, 15) is 0 Å². The van der Waals surface area contributed by atoms with Crippen LogP contribution in [0.3, 0.4) is 0 Å². The van der Waals surface area contributed by atoms with E-state index in [0.717, 1.165) is 65.4 Å². The number of rotatable bonds is 1. The van der Waals surface area contributed by atoms with Gasteiger partial charge in [0.2, 0.25) is 0 Å². The fourth-order valence-electron chi connectivity index (χ4n) is 8.06. The van der Waals surface area contributed by atoms with Crippen molar-refractivity contribution in [2.45, 2.75) is 110 Å². The zero-order valence-corrected chi connectivity index (χ0v) is 62.3. The topological polar surface area (TPSA) is 77.3 Å². The number of halogens is 3. The maximum absolute atomic E-state index is 4.57. The third-order valence-electron chi connectivity index (χ3n) is 12.8. The summed E-state index contributed by atoms with van der Waals surface area (Å²) >= 11 is 5.47. The quantitative estimate of drug-likeness (QED) is 0.0926. The smallest absolute Gasteiger partial charge is 0.0964 e. The monoisotopic (exact) mass is 1500 g/mol. The molecular weight excluding hydrogens is 1410 g/mol. The van der Waals surface area contributed by atoms with Crippen molar-refractivity contribution in [3.63, 3.8) is 0 Å². The van der Waals surface area contributed by atoms with Gasteiger partial charge in [-0.15, -0.1) is 0 Å². The second kappa shape index (κ2) is 52.0. The van der Waals surface area contributed by atoms with Gasteiger partial charge in [0.05, 0.1) is 93.9 Å². The zero-order chi connectivity index (χ0) is 63.5. The van der Waals surface area contributed by atoms with Gasteiger partial charge in [-0.1, -0.05) is 153 Å². The summed E-state index contributed by atoms with van der Waals surface area (Å²) in [7, 11) is 13.7. The molecule has 6 heterocycles. The van der Waals surface area contributed by atoms with Crippen molar-refractivity contribution >= 4 is 94.5 Å². The molecule has 12 heteroatoms. The van der Waals surface area contributed by atoms with E-state index in [1.165, 1.54) is 44.5 Å². The molecule has 0 radical (unpaired) electrons. The molecule has 6 nitrogen and oxygen atoms in total. The molecule has 6 aromatic carbocycles. The Morgan fingerprint density at radius 2 is 0.432 bits per heavy atom. The number of aryl methyl sites for hydroxylation is 1. The van der Waals surface area contributed by atoms with Crippen LogP contribution in [0.2, 0.25) is 0 Å². The molecule has 0 aliphatic rings. The second-order valence-corrected chi connectivity index (χ2v) is 19.3. The van der Waals surface area contributed by atoms with Crippen LogP contribution >= 0.6 is 29.1 Å². The number of nitrogens with zero attached hydrogens (tertiary/aromatic N) is 6. The molecular formula is C76H92Cl3N6Ru3+3. The molecule has 468 valence electrons. The van der Waals surface area contributed by atoms with Crippen molar-refractivity contribution in [1.82, 2.24) is 29.9 Å². The Morgan fingerprint density at radius 3 is 0.580 bits per heavy atom. The van der Waals surface area contributed by atoms with Gasteiger partial charge in [-0.3, -0.25) is 29.9 Å². The van der Waals surface area contributed by atoms with Crippen molar-refractivity contribution in [3.8, 4) is 0 Å². The molecule has 0 aliphatic carbocycles. The average molecular weight is 1500 g/mol. The summed E-state index contributed by atoms with van der Waals surface area (Å²) in [5.41, 5.74) is 17.3. The molecule has 0 fully saturated rings. The number of hydrogen-bond acceptors (Lipinski definition) is 6. The van der Waals surface area contributed by atoms with Gasteiger partial charge in [0.25, 0.3) is 0 Å². The second-order valence-electron chi connectivity index (χ2n) is 19.3. The number of aromatic nitrogens is 6. The largest absolute Gasteiger partial charge is 0.254 e. The molecule has 0 atom stereocenters. The summed E-state index contributed by atoms with van der Waals surface area (Å²) in [6.07, 6.45) is 16.8. The fourth-order valence-corrected chi connectivity index (χ4v) is 8.06. The summed E-state index contributed by atoms with van der Waals surface area (Å²) in [4.78, 5) is 26.1. The zero-order valence-electron chi connectivity index (χ0n) is 54.8. The first-order valence-corrected chi connectivity index (χ1v) is 34.4. The first-order valence-electron chi connectivity index (χ1n) is 27.7. The van der Waals surface area contributed by atoms with Crippen molar-refractivity contribution < 1.29 is 51.9 Å². The number of fused-ring (bicyclic) bond motifs is 9. The third-order valence-corrected chi connectivity index (χ3v) is 12.8. The van der Waals surface area contributed by atoms with Crippen LogP contribution in [0.15, 0.2) is 207 Å². The first kappa shape index (κ1) is 86.3. The van der Waals surface area contributed by atoms with E-state index in [0.29, 0.717) is 5.92 Å². The summed E-state index contributed by atoms with van der Waals surface area (Å²) in [5, 5.41) is 6.83. The van der Waals surface area contributed by atoms with Crippen molar-refractivity contribution in [1.29, 1.82) is 0 Å². The van der Waals surface area contributed by atoms with E-state index in [1.54, 1.807) is 37.2 Å². The molecule has 0 aliphatic heterocycles. The minimum absolute atomic E-state index is 0. The van der Waals surface area contributed by atoms with E-state index in [-0.39, 0.29) is 22.3 Å². The molecule has 88 heavy (non-hydrogen) atoms. The van der Waals surface area contributed by atoms with Gasteiger partial charge in [0.1, 0.15) is 0 Å². The van der Waals surface area contributed by atoms with Crippen LogP contribution in [0, 0.1) is 90.0 Å². The minimum Gasteiger partial charge on any atom is -0.254 e. The number of benzene rings is 6. The Bertz CT molecular complexity index is 3140. The number of hydrogen-bond donors (Lipinski definition) is 0. The van der Waals surface area contributed by atoms with Gasteiger partial charge in [0.15, 0.2) is 0 Å². The van der Waals surface area contributed by atoms with Crippen LogP contribution in [0.25, 0.3) is 65.4 Å². The number of pyridine rings is 6. The van der Waals surface area contributed by atoms with Crippen molar-refractivity contribution in [2.24, 2.45) is 0 Å². The fraction of sp³-hybridized carbons (Fsp3) is 0.211. The van der Waals surface area contributed by atoms with Gasteiger partial charge >= 0.3 is 81.0 Å². The van der Waals surface area contributed by atoms with Crippen LogP contribution in [0.1, 0.15) is 106 Å². The maximum Gasteiger partial charge on any atom is 0.0964 e. The van der Waals surface area contributed by atoms with Gasteiger partial charge in [0, 0.05) is 69.5 Å². The molecule has 0 N–H and O–H groups in total. The van der Waals surface area contributed by atoms with Crippen LogP contribution in [0.4, 0.5) is 0 Å². The molecule has 0 amide bonds. The summed E-state index contributed by atoms with van der Waals surface area (Å²) in [6, 6.07) is 57.1.